The number of para-hydroxylation sites is 1. The molecule has 1 fully saturated rings. The number of benzene rings is 1. The molecule has 0 saturated carbocycles. The Labute approximate surface area is 98.1 Å². The van der Waals surface area contributed by atoms with Crippen LogP contribution in [0.5, 0.6) is 0 Å². The number of hydrazine groups is 1. The number of anilines is 2. The molecule has 17 heavy (non-hydrogen) atoms. The maximum absolute atomic E-state index is 11.0. The lowest BCUT2D eigenvalue weighted by molar-refractivity contribution is -0.383. The molecule has 1 heterocycles. The minimum absolute atomic E-state index is 0.0399. The predicted octanol–water partition coefficient (Wildman–Crippen LogP) is 1.08. The van der Waals surface area contributed by atoms with Crippen molar-refractivity contribution >= 4 is 17.1 Å². The first-order valence-electron chi connectivity index (χ1n) is 5.30. The summed E-state index contributed by atoms with van der Waals surface area (Å²) in [5.74, 6) is 5.26. The highest BCUT2D eigenvalue weighted by atomic mass is 16.6. The summed E-state index contributed by atoms with van der Waals surface area (Å²) >= 11 is 0. The van der Waals surface area contributed by atoms with E-state index in [0.29, 0.717) is 24.6 Å². The van der Waals surface area contributed by atoms with Gasteiger partial charge < -0.3 is 15.5 Å². The van der Waals surface area contributed by atoms with Gasteiger partial charge in [-0.1, -0.05) is 6.07 Å². The fraction of sp³-hybridized carbons (Fsp3) is 0.400. The van der Waals surface area contributed by atoms with E-state index in [0.717, 1.165) is 6.42 Å². The van der Waals surface area contributed by atoms with Crippen molar-refractivity contribution < 1.29 is 9.66 Å². The zero-order chi connectivity index (χ0) is 12.3. The molecule has 1 saturated heterocycles. The third-order valence-corrected chi connectivity index (χ3v) is 2.66. The molecule has 1 aliphatic heterocycles. The normalized spacial score (nSPS) is 19.0. The second-order valence-corrected chi connectivity index (χ2v) is 3.81. The third kappa shape index (κ3) is 2.45. The molecule has 0 radical (unpaired) electrons. The number of nitrogen functional groups attached to an aromatic ring is 1. The summed E-state index contributed by atoms with van der Waals surface area (Å²) in [5.41, 5.74) is 3.04. The van der Waals surface area contributed by atoms with Crippen LogP contribution in [0.3, 0.4) is 0 Å². The number of rotatable bonds is 4. The van der Waals surface area contributed by atoms with E-state index in [2.05, 4.69) is 10.7 Å². The van der Waals surface area contributed by atoms with Gasteiger partial charge in [0, 0.05) is 6.61 Å². The Bertz CT molecular complexity index is 418. The van der Waals surface area contributed by atoms with Crippen molar-refractivity contribution in [3.05, 3.63) is 28.3 Å². The Morgan fingerprint density at radius 2 is 2.24 bits per heavy atom. The first-order chi connectivity index (χ1) is 8.22. The molecule has 0 spiro atoms. The van der Waals surface area contributed by atoms with Crippen molar-refractivity contribution in [1.29, 1.82) is 0 Å². The fourth-order valence-corrected chi connectivity index (χ4v) is 1.84. The Morgan fingerprint density at radius 1 is 1.47 bits per heavy atom. The summed E-state index contributed by atoms with van der Waals surface area (Å²) in [6.45, 7) is 1.25. The predicted molar refractivity (Wildman–Crippen MR) is 63.8 cm³/mol. The lowest BCUT2D eigenvalue weighted by Gasteiger charge is -2.13. The lowest BCUT2D eigenvalue weighted by Crippen LogP contribution is -2.20. The summed E-state index contributed by atoms with van der Waals surface area (Å²) in [4.78, 5) is 10.6. The van der Waals surface area contributed by atoms with Crippen LogP contribution < -0.4 is 16.6 Å². The maximum Gasteiger partial charge on any atom is 0.316 e. The average Bonchev–Trinajstić information content (AvgIpc) is 2.81. The summed E-state index contributed by atoms with van der Waals surface area (Å²) in [7, 11) is 0. The molecule has 4 N–H and O–H groups in total. The minimum atomic E-state index is -0.451. The highest BCUT2D eigenvalue weighted by Crippen LogP contribution is 2.33. The van der Waals surface area contributed by atoms with Crippen LogP contribution in [-0.4, -0.2) is 24.2 Å². The van der Waals surface area contributed by atoms with Gasteiger partial charge in [0.1, 0.15) is 11.4 Å². The van der Waals surface area contributed by atoms with E-state index in [9.17, 15) is 10.1 Å². The zero-order valence-electron chi connectivity index (χ0n) is 9.18. The Kier molecular flexibility index (Phi) is 3.40. The molecule has 0 bridgehead atoms. The van der Waals surface area contributed by atoms with Crippen molar-refractivity contribution in [2.45, 2.75) is 12.5 Å². The van der Waals surface area contributed by atoms with Crippen LogP contribution in [0.1, 0.15) is 6.42 Å². The third-order valence-electron chi connectivity index (χ3n) is 2.66. The SMILES string of the molecule is NNc1cccc(NC2CCOC2)c1[N+](=O)[O-]. The van der Waals surface area contributed by atoms with Gasteiger partial charge >= 0.3 is 5.69 Å². The molecule has 0 aromatic heterocycles. The molecule has 7 nitrogen and oxygen atoms in total. The number of hydrogen-bond donors (Lipinski definition) is 3. The van der Waals surface area contributed by atoms with Crippen LogP contribution >= 0.6 is 0 Å². The summed E-state index contributed by atoms with van der Waals surface area (Å²) < 4.78 is 5.21. The van der Waals surface area contributed by atoms with Gasteiger partial charge in [0.25, 0.3) is 0 Å². The number of ether oxygens (including phenoxy) is 1. The highest BCUT2D eigenvalue weighted by Gasteiger charge is 2.23. The number of nitrogens with one attached hydrogen (secondary N) is 2. The van der Waals surface area contributed by atoms with Gasteiger partial charge in [-0.05, 0) is 18.6 Å². The van der Waals surface area contributed by atoms with Gasteiger partial charge in [0.15, 0.2) is 0 Å². The van der Waals surface area contributed by atoms with Gasteiger partial charge in [-0.25, -0.2) is 0 Å². The van der Waals surface area contributed by atoms with Crippen LogP contribution in [-0.2, 0) is 4.74 Å². The first-order valence-corrected chi connectivity index (χ1v) is 5.30. The van der Waals surface area contributed by atoms with E-state index in [1.54, 1.807) is 18.2 Å². The van der Waals surface area contributed by atoms with Crippen molar-refractivity contribution in [3.63, 3.8) is 0 Å². The van der Waals surface area contributed by atoms with Gasteiger partial charge in [0.05, 0.1) is 17.6 Å². The lowest BCUT2D eigenvalue weighted by atomic mass is 10.2. The molecule has 2 rings (SSSR count). The van der Waals surface area contributed by atoms with Gasteiger partial charge in [-0.3, -0.25) is 16.0 Å². The molecule has 1 aromatic carbocycles. The van der Waals surface area contributed by atoms with Crippen LogP contribution in [0, 0.1) is 10.1 Å². The van der Waals surface area contributed by atoms with E-state index in [1.165, 1.54) is 0 Å². The number of hydrogen-bond acceptors (Lipinski definition) is 6. The number of nitrogens with two attached hydrogens (primary N) is 1. The van der Waals surface area contributed by atoms with E-state index >= 15 is 0 Å². The maximum atomic E-state index is 11.0. The molecule has 92 valence electrons. The van der Waals surface area contributed by atoms with Crippen molar-refractivity contribution in [2.75, 3.05) is 24.0 Å². The van der Waals surface area contributed by atoms with E-state index in [4.69, 9.17) is 10.6 Å². The molecule has 0 amide bonds. The van der Waals surface area contributed by atoms with E-state index in [-0.39, 0.29) is 11.7 Å². The summed E-state index contributed by atoms with van der Waals surface area (Å²) in [6.07, 6.45) is 0.845. The first kappa shape index (κ1) is 11.6. The summed E-state index contributed by atoms with van der Waals surface area (Å²) in [5, 5.41) is 14.1. The van der Waals surface area contributed by atoms with Crippen LogP contribution in [0.4, 0.5) is 17.1 Å². The zero-order valence-corrected chi connectivity index (χ0v) is 9.18. The highest BCUT2D eigenvalue weighted by molar-refractivity contribution is 5.76. The molecular formula is C10H14N4O3. The minimum Gasteiger partial charge on any atom is -0.379 e. The van der Waals surface area contributed by atoms with Crippen molar-refractivity contribution in [3.8, 4) is 0 Å². The number of nitro groups is 1. The standard InChI is InChI=1S/C10H14N4O3/c11-13-9-3-1-2-8(10(9)14(15)16)12-7-4-5-17-6-7/h1-3,7,12-13H,4-6,11H2. The van der Waals surface area contributed by atoms with Crippen LogP contribution in [0.25, 0.3) is 0 Å². The topological polar surface area (TPSA) is 102 Å². The Hall–Kier alpha value is -1.86. The fourth-order valence-electron chi connectivity index (χ4n) is 1.84. The van der Waals surface area contributed by atoms with Gasteiger partial charge in [-0.15, -0.1) is 0 Å². The largest absolute Gasteiger partial charge is 0.379 e. The molecule has 1 unspecified atom stereocenters. The number of nitro benzene ring substituents is 1. The number of nitrogens with zero attached hydrogens (tertiary/aromatic N) is 1. The second-order valence-electron chi connectivity index (χ2n) is 3.81. The average molecular weight is 238 g/mol. The quantitative estimate of drug-likeness (QED) is 0.412. The monoisotopic (exact) mass is 238 g/mol. The Morgan fingerprint density at radius 3 is 2.82 bits per heavy atom. The molecular weight excluding hydrogens is 224 g/mol. The summed E-state index contributed by atoms with van der Waals surface area (Å²) in [6, 6.07) is 5.05. The van der Waals surface area contributed by atoms with Crippen molar-refractivity contribution in [1.82, 2.24) is 0 Å². The Balaban J connectivity index is 2.28. The van der Waals surface area contributed by atoms with Gasteiger partial charge in [0.2, 0.25) is 0 Å². The molecule has 1 aromatic rings. The van der Waals surface area contributed by atoms with Crippen LogP contribution in [0.2, 0.25) is 0 Å². The van der Waals surface area contributed by atoms with Crippen LogP contribution in [0.15, 0.2) is 18.2 Å². The van der Waals surface area contributed by atoms with Crippen molar-refractivity contribution in [2.24, 2.45) is 5.84 Å². The molecule has 1 aliphatic rings. The van der Waals surface area contributed by atoms with E-state index < -0.39 is 4.92 Å². The van der Waals surface area contributed by atoms with Gasteiger partial charge in [-0.2, -0.15) is 0 Å². The smallest absolute Gasteiger partial charge is 0.316 e. The molecule has 7 heteroatoms. The van der Waals surface area contributed by atoms with E-state index in [1.807, 2.05) is 0 Å². The molecule has 1 atom stereocenters. The molecule has 0 aliphatic carbocycles. The second kappa shape index (κ2) is 4.98.